The van der Waals surface area contributed by atoms with Gasteiger partial charge < -0.3 is 9.64 Å². The summed E-state index contributed by atoms with van der Waals surface area (Å²) in [6.45, 7) is 6.12. The lowest BCUT2D eigenvalue weighted by molar-refractivity contribution is 0.0898. The van der Waals surface area contributed by atoms with Gasteiger partial charge in [-0.25, -0.2) is 5.10 Å². The molecule has 0 spiro atoms. The Hall–Kier alpha value is -1.14. The van der Waals surface area contributed by atoms with E-state index in [1.54, 1.807) is 6.33 Å². The fraction of sp³-hybridized carbons (Fsp3) is 0.818. The Bertz CT molecular complexity index is 330. The molecule has 2 heterocycles. The molecule has 94 valence electrons. The Labute approximate surface area is 101 Å². The molecular weight excluding hydrogens is 218 g/mol. The molecule has 0 atom stereocenters. The quantitative estimate of drug-likeness (QED) is 0.787. The predicted octanol–water partition coefficient (Wildman–Crippen LogP) is 0.106. The van der Waals surface area contributed by atoms with Crippen LogP contribution in [-0.2, 0) is 4.74 Å². The van der Waals surface area contributed by atoms with Crippen LogP contribution in [0.4, 0.5) is 5.95 Å². The summed E-state index contributed by atoms with van der Waals surface area (Å²) in [6.07, 6.45) is 4.66. The zero-order valence-electron chi connectivity index (χ0n) is 10.0. The average molecular weight is 237 g/mol. The van der Waals surface area contributed by atoms with E-state index < -0.39 is 0 Å². The van der Waals surface area contributed by atoms with Gasteiger partial charge in [0.1, 0.15) is 6.33 Å². The van der Waals surface area contributed by atoms with Crippen molar-refractivity contribution in [1.82, 2.24) is 20.1 Å². The molecule has 0 radical (unpaired) electrons. The van der Waals surface area contributed by atoms with Gasteiger partial charge in [0, 0.05) is 32.7 Å². The first-order chi connectivity index (χ1) is 8.42. The number of aromatic nitrogens is 3. The monoisotopic (exact) mass is 237 g/mol. The van der Waals surface area contributed by atoms with Crippen LogP contribution in [-0.4, -0.2) is 65.5 Å². The lowest BCUT2D eigenvalue weighted by Crippen LogP contribution is -2.47. The Kier molecular flexibility index (Phi) is 3.24. The standard InChI is InChI=1S/C11H19N5O/c1-2-10(1)17-8-7-15-3-5-16(6-4-15)11-12-9-13-14-11/h9-10H,1-8H2,(H,12,13,14). The van der Waals surface area contributed by atoms with Crippen LogP contribution in [0.15, 0.2) is 6.33 Å². The molecule has 3 rings (SSSR count). The fourth-order valence-corrected chi connectivity index (χ4v) is 2.12. The molecule has 0 aromatic carbocycles. The van der Waals surface area contributed by atoms with Crippen LogP contribution < -0.4 is 4.90 Å². The van der Waals surface area contributed by atoms with Crippen LogP contribution in [0.1, 0.15) is 12.8 Å². The van der Waals surface area contributed by atoms with E-state index in [1.807, 2.05) is 0 Å². The molecule has 1 aliphatic heterocycles. The highest BCUT2D eigenvalue weighted by atomic mass is 16.5. The maximum absolute atomic E-state index is 5.67. The van der Waals surface area contributed by atoms with Crippen LogP contribution in [0.2, 0.25) is 0 Å². The molecule has 0 unspecified atom stereocenters. The van der Waals surface area contributed by atoms with Crippen molar-refractivity contribution >= 4 is 5.95 Å². The molecule has 2 aliphatic rings. The Morgan fingerprint density at radius 2 is 2.12 bits per heavy atom. The molecule has 1 aliphatic carbocycles. The van der Waals surface area contributed by atoms with Gasteiger partial charge >= 0.3 is 0 Å². The summed E-state index contributed by atoms with van der Waals surface area (Å²) in [5.74, 6) is 0.888. The Morgan fingerprint density at radius 1 is 1.29 bits per heavy atom. The van der Waals surface area contributed by atoms with E-state index in [-0.39, 0.29) is 0 Å². The summed E-state index contributed by atoms with van der Waals surface area (Å²) in [4.78, 5) is 8.87. The van der Waals surface area contributed by atoms with Crippen LogP contribution in [0.3, 0.4) is 0 Å². The van der Waals surface area contributed by atoms with Crippen molar-refractivity contribution in [2.45, 2.75) is 18.9 Å². The number of hydrogen-bond donors (Lipinski definition) is 1. The highest BCUT2D eigenvalue weighted by Crippen LogP contribution is 2.23. The highest BCUT2D eigenvalue weighted by molar-refractivity contribution is 5.27. The first-order valence-electron chi connectivity index (χ1n) is 6.36. The van der Waals surface area contributed by atoms with Crippen molar-refractivity contribution in [3.8, 4) is 0 Å². The van der Waals surface area contributed by atoms with Gasteiger partial charge in [0.05, 0.1) is 12.7 Å². The number of nitrogens with one attached hydrogen (secondary N) is 1. The zero-order chi connectivity index (χ0) is 11.5. The van der Waals surface area contributed by atoms with Crippen LogP contribution >= 0.6 is 0 Å². The lowest BCUT2D eigenvalue weighted by Gasteiger charge is -2.34. The van der Waals surface area contributed by atoms with Gasteiger partial charge in [0.25, 0.3) is 0 Å². The van der Waals surface area contributed by atoms with Crippen LogP contribution in [0, 0.1) is 0 Å². The Balaban J connectivity index is 1.38. The van der Waals surface area contributed by atoms with Gasteiger partial charge in [-0.15, -0.1) is 0 Å². The van der Waals surface area contributed by atoms with Crippen molar-refractivity contribution in [2.75, 3.05) is 44.2 Å². The number of rotatable bonds is 5. The molecular formula is C11H19N5O. The van der Waals surface area contributed by atoms with Crippen molar-refractivity contribution < 1.29 is 4.74 Å². The molecule has 6 heteroatoms. The third kappa shape index (κ3) is 2.95. The molecule has 0 amide bonds. The lowest BCUT2D eigenvalue weighted by atomic mass is 10.3. The predicted molar refractivity (Wildman–Crippen MR) is 64.0 cm³/mol. The SMILES string of the molecule is c1n[nH]c(N2CCN(CCOC3CC3)CC2)n1. The van der Waals surface area contributed by atoms with Gasteiger partial charge in [0.2, 0.25) is 5.95 Å². The number of ether oxygens (including phenoxy) is 1. The van der Waals surface area contributed by atoms with Gasteiger partial charge in [-0.05, 0) is 12.8 Å². The molecule has 17 heavy (non-hydrogen) atoms. The van der Waals surface area contributed by atoms with E-state index in [0.717, 1.165) is 45.3 Å². The number of H-pyrrole nitrogens is 1. The van der Waals surface area contributed by atoms with E-state index in [9.17, 15) is 0 Å². The molecule has 2 fully saturated rings. The third-order valence-corrected chi connectivity index (χ3v) is 3.36. The van der Waals surface area contributed by atoms with Crippen LogP contribution in [0.5, 0.6) is 0 Å². The summed E-state index contributed by atoms with van der Waals surface area (Å²) < 4.78 is 5.67. The molecule has 1 N–H and O–H groups in total. The van der Waals surface area contributed by atoms with Crippen molar-refractivity contribution in [1.29, 1.82) is 0 Å². The van der Waals surface area contributed by atoms with Crippen LogP contribution in [0.25, 0.3) is 0 Å². The third-order valence-electron chi connectivity index (χ3n) is 3.36. The zero-order valence-corrected chi connectivity index (χ0v) is 10.0. The first kappa shape index (κ1) is 11.0. The van der Waals surface area contributed by atoms with Gasteiger partial charge in [-0.2, -0.15) is 10.1 Å². The minimum absolute atomic E-state index is 0.575. The maximum Gasteiger partial charge on any atom is 0.221 e. The van der Waals surface area contributed by atoms with Gasteiger partial charge in [-0.3, -0.25) is 4.90 Å². The minimum Gasteiger partial charge on any atom is -0.377 e. The molecule has 1 aromatic rings. The highest BCUT2D eigenvalue weighted by Gasteiger charge is 2.23. The first-order valence-corrected chi connectivity index (χ1v) is 6.36. The van der Waals surface area contributed by atoms with Crippen molar-refractivity contribution in [3.05, 3.63) is 6.33 Å². The smallest absolute Gasteiger partial charge is 0.221 e. The number of piperazine rings is 1. The topological polar surface area (TPSA) is 57.3 Å². The maximum atomic E-state index is 5.67. The second-order valence-corrected chi connectivity index (χ2v) is 4.71. The van der Waals surface area contributed by atoms with Gasteiger partial charge in [-0.1, -0.05) is 0 Å². The molecule has 6 nitrogen and oxygen atoms in total. The second kappa shape index (κ2) is 5.01. The number of aromatic amines is 1. The molecule has 1 aromatic heterocycles. The van der Waals surface area contributed by atoms with Crippen molar-refractivity contribution in [3.63, 3.8) is 0 Å². The van der Waals surface area contributed by atoms with E-state index in [2.05, 4.69) is 25.0 Å². The summed E-state index contributed by atoms with van der Waals surface area (Å²) >= 11 is 0. The summed E-state index contributed by atoms with van der Waals surface area (Å²) in [5, 5.41) is 6.79. The van der Waals surface area contributed by atoms with E-state index in [0.29, 0.717) is 6.10 Å². The van der Waals surface area contributed by atoms with Crippen molar-refractivity contribution in [2.24, 2.45) is 0 Å². The van der Waals surface area contributed by atoms with E-state index in [4.69, 9.17) is 4.74 Å². The summed E-state index contributed by atoms with van der Waals surface area (Å²) in [5.41, 5.74) is 0. The number of hydrogen-bond acceptors (Lipinski definition) is 5. The van der Waals surface area contributed by atoms with E-state index in [1.165, 1.54) is 12.8 Å². The molecule has 0 bridgehead atoms. The summed E-state index contributed by atoms with van der Waals surface area (Å²) in [7, 11) is 0. The van der Waals surface area contributed by atoms with Gasteiger partial charge in [0.15, 0.2) is 0 Å². The average Bonchev–Trinajstić information content (AvgIpc) is 3.03. The summed E-state index contributed by atoms with van der Waals surface area (Å²) in [6, 6.07) is 0. The second-order valence-electron chi connectivity index (χ2n) is 4.71. The Morgan fingerprint density at radius 3 is 2.76 bits per heavy atom. The molecule has 1 saturated carbocycles. The minimum atomic E-state index is 0.575. The van der Waals surface area contributed by atoms with E-state index >= 15 is 0 Å². The normalized spacial score (nSPS) is 22.0. The fourth-order valence-electron chi connectivity index (χ4n) is 2.12. The molecule has 1 saturated heterocycles. The number of anilines is 1. The largest absolute Gasteiger partial charge is 0.377 e. The number of nitrogens with zero attached hydrogens (tertiary/aromatic N) is 4.